The average Bonchev–Trinajstić information content (AvgIpc) is 2.77. The van der Waals surface area contributed by atoms with Gasteiger partial charge < -0.3 is 15.1 Å². The Bertz CT molecular complexity index is 875. The number of para-hydroxylation sites is 1. The molecule has 0 spiro atoms. The van der Waals surface area contributed by atoms with Gasteiger partial charge in [0, 0.05) is 36.7 Å². The molecule has 1 saturated heterocycles. The van der Waals surface area contributed by atoms with Crippen molar-refractivity contribution in [3.63, 3.8) is 0 Å². The average molecular weight is 374 g/mol. The van der Waals surface area contributed by atoms with Gasteiger partial charge in [-0.2, -0.15) is 10.1 Å². The first-order valence-electron chi connectivity index (χ1n) is 9.98. The van der Waals surface area contributed by atoms with Crippen LogP contribution in [0, 0.1) is 0 Å². The Morgan fingerprint density at radius 3 is 2.43 bits per heavy atom. The summed E-state index contributed by atoms with van der Waals surface area (Å²) in [6.07, 6.45) is 5.56. The first-order chi connectivity index (χ1) is 13.8. The molecule has 1 aliphatic heterocycles. The number of aromatic nitrogens is 3. The highest BCUT2D eigenvalue weighted by Crippen LogP contribution is 2.25. The van der Waals surface area contributed by atoms with Crippen LogP contribution < -0.4 is 15.1 Å². The summed E-state index contributed by atoms with van der Waals surface area (Å²) >= 11 is 0. The SMILES string of the molecule is CCN(c1ccccc1)c1nncc(Nc2ccc(N3CCCCC3)cc2)n1. The Balaban J connectivity index is 1.48. The van der Waals surface area contributed by atoms with Gasteiger partial charge in [0.25, 0.3) is 5.95 Å². The van der Waals surface area contributed by atoms with Gasteiger partial charge in [0.15, 0.2) is 5.82 Å². The van der Waals surface area contributed by atoms with Crippen LogP contribution in [0.3, 0.4) is 0 Å². The summed E-state index contributed by atoms with van der Waals surface area (Å²) < 4.78 is 0. The van der Waals surface area contributed by atoms with Gasteiger partial charge in [0.05, 0.1) is 6.20 Å². The molecule has 0 aliphatic carbocycles. The van der Waals surface area contributed by atoms with Crippen molar-refractivity contribution >= 4 is 28.8 Å². The van der Waals surface area contributed by atoms with Crippen molar-refractivity contribution in [3.05, 3.63) is 60.8 Å². The van der Waals surface area contributed by atoms with Crippen LogP contribution in [-0.2, 0) is 0 Å². The van der Waals surface area contributed by atoms with E-state index in [1.54, 1.807) is 6.20 Å². The van der Waals surface area contributed by atoms with Gasteiger partial charge in [-0.15, -0.1) is 5.10 Å². The standard InChI is InChI=1S/C22H26N6/c1-2-28(20-9-5-3-6-10-20)22-25-21(17-23-26-22)24-18-11-13-19(14-12-18)27-15-7-4-8-16-27/h3,5-6,9-14,17H,2,4,7-8,15-16H2,1H3,(H,24,25,26). The van der Waals surface area contributed by atoms with Gasteiger partial charge in [-0.1, -0.05) is 18.2 Å². The molecule has 1 N–H and O–H groups in total. The first-order valence-corrected chi connectivity index (χ1v) is 9.98. The molecule has 1 aromatic heterocycles. The van der Waals surface area contributed by atoms with Crippen molar-refractivity contribution in [1.82, 2.24) is 15.2 Å². The summed E-state index contributed by atoms with van der Waals surface area (Å²) in [4.78, 5) is 9.15. The lowest BCUT2D eigenvalue weighted by Gasteiger charge is -2.28. The van der Waals surface area contributed by atoms with Crippen LogP contribution in [0.25, 0.3) is 0 Å². The highest BCUT2D eigenvalue weighted by atomic mass is 15.3. The Morgan fingerprint density at radius 2 is 1.71 bits per heavy atom. The molecule has 1 aliphatic rings. The minimum absolute atomic E-state index is 0.587. The number of hydrogen-bond donors (Lipinski definition) is 1. The summed E-state index contributed by atoms with van der Waals surface area (Å²) in [5.41, 5.74) is 3.33. The van der Waals surface area contributed by atoms with Gasteiger partial charge >= 0.3 is 0 Å². The highest BCUT2D eigenvalue weighted by molar-refractivity contribution is 5.62. The molecule has 144 valence electrons. The minimum atomic E-state index is 0.587. The summed E-state index contributed by atoms with van der Waals surface area (Å²) in [5.74, 6) is 1.27. The zero-order chi connectivity index (χ0) is 19.2. The Hall–Kier alpha value is -3.15. The lowest BCUT2D eigenvalue weighted by atomic mass is 10.1. The molecule has 0 amide bonds. The molecular formula is C22H26N6. The third kappa shape index (κ3) is 4.22. The molecule has 0 saturated carbocycles. The maximum Gasteiger partial charge on any atom is 0.251 e. The van der Waals surface area contributed by atoms with E-state index < -0.39 is 0 Å². The van der Waals surface area contributed by atoms with Crippen LogP contribution in [-0.4, -0.2) is 34.8 Å². The fraction of sp³-hybridized carbons (Fsp3) is 0.318. The lowest BCUT2D eigenvalue weighted by Crippen LogP contribution is -2.29. The maximum atomic E-state index is 4.66. The van der Waals surface area contributed by atoms with Gasteiger partial charge in [-0.3, -0.25) is 0 Å². The molecule has 0 radical (unpaired) electrons. The lowest BCUT2D eigenvalue weighted by molar-refractivity contribution is 0.578. The van der Waals surface area contributed by atoms with E-state index >= 15 is 0 Å². The number of nitrogens with one attached hydrogen (secondary N) is 1. The normalized spacial score (nSPS) is 14.0. The van der Waals surface area contributed by atoms with Crippen LogP contribution in [0.2, 0.25) is 0 Å². The predicted octanol–water partition coefficient (Wildman–Crippen LogP) is 4.76. The van der Waals surface area contributed by atoms with Crippen LogP contribution in [0.1, 0.15) is 26.2 Å². The van der Waals surface area contributed by atoms with Crippen molar-refractivity contribution in [3.8, 4) is 0 Å². The second-order valence-corrected chi connectivity index (χ2v) is 6.94. The number of anilines is 5. The van der Waals surface area contributed by atoms with Crippen LogP contribution in [0.15, 0.2) is 60.8 Å². The number of benzene rings is 2. The molecule has 1 fully saturated rings. The van der Waals surface area contributed by atoms with Crippen molar-refractivity contribution in [2.45, 2.75) is 26.2 Å². The minimum Gasteiger partial charge on any atom is -0.372 e. The van der Waals surface area contributed by atoms with Crippen molar-refractivity contribution in [1.29, 1.82) is 0 Å². The Labute approximate surface area is 166 Å². The maximum absolute atomic E-state index is 4.66. The molecule has 0 atom stereocenters. The van der Waals surface area contributed by atoms with Crippen molar-refractivity contribution in [2.75, 3.05) is 34.8 Å². The zero-order valence-corrected chi connectivity index (χ0v) is 16.3. The predicted molar refractivity (Wildman–Crippen MR) is 115 cm³/mol. The first kappa shape index (κ1) is 18.2. The Kier molecular flexibility index (Phi) is 5.66. The second kappa shape index (κ2) is 8.69. The van der Waals surface area contributed by atoms with E-state index in [-0.39, 0.29) is 0 Å². The van der Waals surface area contributed by atoms with E-state index in [2.05, 4.69) is 56.6 Å². The smallest absolute Gasteiger partial charge is 0.251 e. The number of piperidine rings is 1. The van der Waals surface area contributed by atoms with Gasteiger partial charge in [-0.25, -0.2) is 0 Å². The molecular weight excluding hydrogens is 348 g/mol. The second-order valence-electron chi connectivity index (χ2n) is 6.94. The summed E-state index contributed by atoms with van der Waals surface area (Å²) in [5, 5.41) is 11.7. The van der Waals surface area contributed by atoms with Gasteiger partial charge in [-0.05, 0) is 62.6 Å². The number of hydrogen-bond acceptors (Lipinski definition) is 6. The van der Waals surface area contributed by atoms with E-state index in [9.17, 15) is 0 Å². The van der Waals surface area contributed by atoms with E-state index in [1.165, 1.54) is 24.9 Å². The zero-order valence-electron chi connectivity index (χ0n) is 16.3. The van der Waals surface area contributed by atoms with E-state index in [4.69, 9.17) is 0 Å². The fourth-order valence-corrected chi connectivity index (χ4v) is 3.57. The van der Waals surface area contributed by atoms with E-state index in [0.717, 1.165) is 31.0 Å². The molecule has 4 rings (SSSR count). The van der Waals surface area contributed by atoms with Crippen LogP contribution >= 0.6 is 0 Å². The van der Waals surface area contributed by atoms with Gasteiger partial charge in [0.1, 0.15) is 0 Å². The quantitative estimate of drug-likeness (QED) is 0.671. The highest BCUT2D eigenvalue weighted by Gasteiger charge is 2.12. The summed E-state index contributed by atoms with van der Waals surface area (Å²) in [6.45, 7) is 5.14. The van der Waals surface area contributed by atoms with Crippen molar-refractivity contribution < 1.29 is 0 Å². The summed E-state index contributed by atoms with van der Waals surface area (Å²) in [7, 11) is 0. The van der Waals surface area contributed by atoms with E-state index in [1.807, 2.05) is 35.2 Å². The van der Waals surface area contributed by atoms with Crippen molar-refractivity contribution in [2.24, 2.45) is 0 Å². The molecule has 2 aromatic carbocycles. The summed E-state index contributed by atoms with van der Waals surface area (Å²) in [6, 6.07) is 18.7. The topological polar surface area (TPSA) is 57.2 Å². The molecule has 6 heteroatoms. The number of rotatable bonds is 6. The fourth-order valence-electron chi connectivity index (χ4n) is 3.57. The molecule has 6 nitrogen and oxygen atoms in total. The monoisotopic (exact) mass is 374 g/mol. The third-order valence-corrected chi connectivity index (χ3v) is 5.03. The van der Waals surface area contributed by atoms with Crippen LogP contribution in [0.5, 0.6) is 0 Å². The van der Waals surface area contributed by atoms with Gasteiger partial charge in [0.2, 0.25) is 0 Å². The molecule has 3 aromatic rings. The van der Waals surface area contributed by atoms with E-state index in [0.29, 0.717) is 11.8 Å². The van der Waals surface area contributed by atoms with Crippen LogP contribution in [0.4, 0.5) is 28.8 Å². The molecule has 0 unspecified atom stereocenters. The molecule has 28 heavy (non-hydrogen) atoms. The Morgan fingerprint density at radius 1 is 0.964 bits per heavy atom. The molecule has 0 bridgehead atoms. The molecule has 2 heterocycles. The third-order valence-electron chi connectivity index (χ3n) is 5.03. The number of nitrogens with zero attached hydrogens (tertiary/aromatic N) is 5. The largest absolute Gasteiger partial charge is 0.372 e.